The minimum atomic E-state index is -0.947. The molecule has 1 aromatic carbocycles. The first-order valence-electron chi connectivity index (χ1n) is 9.20. The van der Waals surface area contributed by atoms with Crippen LogP contribution in [0.5, 0.6) is 0 Å². The highest BCUT2D eigenvalue weighted by Crippen LogP contribution is 2.07. The third-order valence-electron chi connectivity index (χ3n) is 3.68. The molecule has 3 N–H and O–H groups in total. The second-order valence-corrected chi connectivity index (χ2v) is 7.41. The molecule has 1 aromatic rings. The van der Waals surface area contributed by atoms with Crippen LogP contribution >= 0.6 is 0 Å². The first-order valence-corrected chi connectivity index (χ1v) is 9.20. The van der Waals surface area contributed by atoms with Crippen LogP contribution in [-0.4, -0.2) is 55.2 Å². The Morgan fingerprint density at radius 1 is 1.00 bits per heavy atom. The molecule has 0 saturated heterocycles. The Bertz CT molecular complexity index is 715. The number of hydrogen-bond donors (Lipinski definition) is 3. The van der Waals surface area contributed by atoms with E-state index in [9.17, 15) is 19.2 Å². The first kappa shape index (κ1) is 23.9. The number of esters is 1. The van der Waals surface area contributed by atoms with Crippen LogP contribution in [0.4, 0.5) is 4.79 Å². The Morgan fingerprint density at radius 2 is 1.62 bits per heavy atom. The van der Waals surface area contributed by atoms with E-state index >= 15 is 0 Å². The maximum Gasteiger partial charge on any atom is 0.408 e. The van der Waals surface area contributed by atoms with Gasteiger partial charge in [0.1, 0.15) is 24.2 Å². The van der Waals surface area contributed by atoms with Gasteiger partial charge in [0.15, 0.2) is 0 Å². The van der Waals surface area contributed by atoms with Crippen molar-refractivity contribution in [3.63, 3.8) is 0 Å². The fourth-order valence-corrected chi connectivity index (χ4v) is 2.26. The van der Waals surface area contributed by atoms with E-state index in [0.717, 1.165) is 5.56 Å². The van der Waals surface area contributed by atoms with Crippen LogP contribution in [0.3, 0.4) is 0 Å². The summed E-state index contributed by atoms with van der Waals surface area (Å²) in [6.45, 7) is 6.28. The summed E-state index contributed by atoms with van der Waals surface area (Å²) in [5, 5.41) is 7.46. The normalized spacial score (nSPS) is 12.9. The Kier molecular flexibility index (Phi) is 9.11. The van der Waals surface area contributed by atoms with Crippen LogP contribution in [0.2, 0.25) is 0 Å². The Balaban J connectivity index is 2.78. The van der Waals surface area contributed by atoms with Crippen LogP contribution < -0.4 is 16.0 Å². The molecule has 0 aliphatic carbocycles. The third kappa shape index (κ3) is 9.59. The first-order chi connectivity index (χ1) is 13.5. The fourth-order valence-electron chi connectivity index (χ4n) is 2.26. The number of carbonyl (C=O) groups excluding carboxylic acids is 4. The Morgan fingerprint density at radius 3 is 2.17 bits per heavy atom. The molecule has 0 heterocycles. The molecule has 0 aliphatic heterocycles. The molecule has 0 aromatic heterocycles. The number of benzene rings is 1. The molecule has 0 spiro atoms. The zero-order chi connectivity index (χ0) is 22.0. The van der Waals surface area contributed by atoms with E-state index in [1.165, 1.54) is 14.0 Å². The lowest BCUT2D eigenvalue weighted by atomic mass is 10.0. The summed E-state index contributed by atoms with van der Waals surface area (Å²) in [4.78, 5) is 48.1. The second kappa shape index (κ2) is 11.0. The molecular weight excluding hydrogens is 378 g/mol. The number of amides is 3. The lowest BCUT2D eigenvalue weighted by Gasteiger charge is -2.23. The summed E-state index contributed by atoms with van der Waals surface area (Å²) in [7, 11) is 1.21. The van der Waals surface area contributed by atoms with Gasteiger partial charge in [-0.05, 0) is 33.3 Å². The van der Waals surface area contributed by atoms with Crippen LogP contribution in [0, 0.1) is 0 Å². The van der Waals surface area contributed by atoms with Gasteiger partial charge < -0.3 is 25.4 Å². The highest BCUT2D eigenvalue weighted by atomic mass is 16.6. The molecule has 0 saturated carbocycles. The van der Waals surface area contributed by atoms with Crippen molar-refractivity contribution in [1.29, 1.82) is 0 Å². The predicted molar refractivity (Wildman–Crippen MR) is 106 cm³/mol. The molecule has 29 heavy (non-hydrogen) atoms. The van der Waals surface area contributed by atoms with E-state index in [1.807, 2.05) is 30.3 Å². The van der Waals surface area contributed by atoms with Crippen molar-refractivity contribution in [2.24, 2.45) is 0 Å². The van der Waals surface area contributed by atoms with E-state index in [1.54, 1.807) is 20.8 Å². The molecule has 0 bridgehead atoms. The fraction of sp³-hybridized carbons (Fsp3) is 0.500. The Hall–Kier alpha value is -3.10. The molecule has 0 fully saturated rings. The summed E-state index contributed by atoms with van der Waals surface area (Å²) in [6, 6.07) is 7.21. The van der Waals surface area contributed by atoms with Gasteiger partial charge in [0.2, 0.25) is 11.8 Å². The SMILES string of the molecule is COC(=O)CNC(=O)C(Cc1ccccc1)NC(=O)[C@H](C)NC(=O)OC(C)(C)C. The number of alkyl carbamates (subject to hydrolysis) is 1. The monoisotopic (exact) mass is 407 g/mol. The average Bonchev–Trinajstić information content (AvgIpc) is 2.64. The largest absolute Gasteiger partial charge is 0.468 e. The minimum Gasteiger partial charge on any atom is -0.468 e. The zero-order valence-electron chi connectivity index (χ0n) is 17.4. The topological polar surface area (TPSA) is 123 Å². The lowest BCUT2D eigenvalue weighted by Crippen LogP contribution is -2.54. The summed E-state index contributed by atoms with van der Waals surface area (Å²) in [6.07, 6.45) is -0.534. The zero-order valence-corrected chi connectivity index (χ0v) is 17.4. The highest BCUT2D eigenvalue weighted by molar-refractivity contribution is 5.92. The van der Waals surface area contributed by atoms with Gasteiger partial charge >= 0.3 is 12.1 Å². The number of methoxy groups -OCH3 is 1. The molecule has 1 rings (SSSR count). The third-order valence-corrected chi connectivity index (χ3v) is 3.68. The van der Waals surface area contributed by atoms with Crippen molar-refractivity contribution in [2.75, 3.05) is 13.7 Å². The Labute approximate surface area is 170 Å². The summed E-state index contributed by atoms with van der Waals surface area (Å²) in [5.74, 6) is -1.72. The van der Waals surface area contributed by atoms with Gasteiger partial charge in [0.25, 0.3) is 0 Å². The van der Waals surface area contributed by atoms with Crippen molar-refractivity contribution in [3.8, 4) is 0 Å². The van der Waals surface area contributed by atoms with Crippen molar-refractivity contribution in [3.05, 3.63) is 35.9 Å². The van der Waals surface area contributed by atoms with Crippen molar-refractivity contribution in [2.45, 2.75) is 51.8 Å². The highest BCUT2D eigenvalue weighted by Gasteiger charge is 2.26. The van der Waals surface area contributed by atoms with Crippen LogP contribution in [0.25, 0.3) is 0 Å². The van der Waals surface area contributed by atoms with Gasteiger partial charge in [-0.1, -0.05) is 30.3 Å². The number of nitrogens with one attached hydrogen (secondary N) is 3. The van der Waals surface area contributed by atoms with Gasteiger partial charge in [0.05, 0.1) is 7.11 Å². The molecule has 3 amide bonds. The number of hydrogen-bond acceptors (Lipinski definition) is 6. The minimum absolute atomic E-state index is 0.207. The molecule has 2 atom stereocenters. The summed E-state index contributed by atoms with van der Waals surface area (Å²) < 4.78 is 9.62. The second-order valence-electron chi connectivity index (χ2n) is 7.41. The van der Waals surface area contributed by atoms with E-state index in [2.05, 4.69) is 20.7 Å². The van der Waals surface area contributed by atoms with Crippen LogP contribution in [-0.2, 0) is 30.3 Å². The van der Waals surface area contributed by atoms with Gasteiger partial charge in [0, 0.05) is 6.42 Å². The average molecular weight is 407 g/mol. The van der Waals surface area contributed by atoms with Gasteiger partial charge in [-0.2, -0.15) is 0 Å². The van der Waals surface area contributed by atoms with E-state index in [0.29, 0.717) is 0 Å². The van der Waals surface area contributed by atoms with E-state index < -0.39 is 41.6 Å². The number of rotatable bonds is 8. The van der Waals surface area contributed by atoms with Gasteiger partial charge in [-0.15, -0.1) is 0 Å². The number of ether oxygens (including phenoxy) is 2. The molecule has 9 nitrogen and oxygen atoms in total. The molecule has 0 radical (unpaired) electrons. The standard InChI is InChI=1S/C20H29N3O6/c1-13(22-19(27)29-20(2,3)4)17(25)23-15(11-14-9-7-6-8-10-14)18(26)21-12-16(24)28-5/h6-10,13,15H,11-12H2,1-5H3,(H,21,26)(H,22,27)(H,23,25)/t13-,15?/m0/s1. The quantitative estimate of drug-likeness (QED) is 0.551. The van der Waals surface area contributed by atoms with E-state index in [-0.39, 0.29) is 13.0 Å². The molecule has 1 unspecified atom stereocenters. The van der Waals surface area contributed by atoms with Crippen molar-refractivity contribution in [1.82, 2.24) is 16.0 Å². The van der Waals surface area contributed by atoms with Crippen molar-refractivity contribution < 1.29 is 28.7 Å². The summed E-state index contributed by atoms with van der Waals surface area (Å²) in [5.41, 5.74) is 0.114. The molecule has 0 aliphatic rings. The predicted octanol–water partition coefficient (Wildman–Crippen LogP) is 0.916. The molecule has 9 heteroatoms. The van der Waals surface area contributed by atoms with Gasteiger partial charge in [-0.25, -0.2) is 4.79 Å². The lowest BCUT2D eigenvalue weighted by molar-refractivity contribution is -0.141. The van der Waals surface area contributed by atoms with Gasteiger partial charge in [-0.3, -0.25) is 14.4 Å². The molecular formula is C20H29N3O6. The molecule has 160 valence electrons. The van der Waals surface area contributed by atoms with Crippen LogP contribution in [0.15, 0.2) is 30.3 Å². The number of carbonyl (C=O) groups is 4. The van der Waals surface area contributed by atoms with Crippen molar-refractivity contribution >= 4 is 23.9 Å². The smallest absolute Gasteiger partial charge is 0.408 e. The maximum atomic E-state index is 12.5. The van der Waals surface area contributed by atoms with E-state index in [4.69, 9.17) is 4.74 Å². The summed E-state index contributed by atoms with van der Waals surface area (Å²) >= 11 is 0. The maximum absolute atomic E-state index is 12.5. The van der Waals surface area contributed by atoms with Crippen LogP contribution in [0.1, 0.15) is 33.3 Å².